The van der Waals surface area contributed by atoms with E-state index in [1.807, 2.05) is 81.4 Å². The van der Waals surface area contributed by atoms with Crippen molar-refractivity contribution in [1.82, 2.24) is 4.90 Å². The molecule has 0 atom stereocenters. The molecule has 0 aliphatic carbocycles. The summed E-state index contributed by atoms with van der Waals surface area (Å²) in [4.78, 5) is 29.1. The summed E-state index contributed by atoms with van der Waals surface area (Å²) in [6, 6.07) is 15.0. The molecule has 6 nitrogen and oxygen atoms in total. The van der Waals surface area contributed by atoms with Gasteiger partial charge in [-0.3, -0.25) is 14.5 Å². The van der Waals surface area contributed by atoms with Crippen LogP contribution in [-0.4, -0.2) is 43.5 Å². The average molecular weight is 393 g/mol. The number of hydrogen-bond donors (Lipinski definition) is 1. The molecule has 0 aromatic heterocycles. The summed E-state index contributed by atoms with van der Waals surface area (Å²) in [5.74, 6) is 0.122. The van der Waals surface area contributed by atoms with Gasteiger partial charge in [0.05, 0.1) is 11.7 Å². The fourth-order valence-corrected chi connectivity index (χ4v) is 3.21. The van der Waals surface area contributed by atoms with Crippen LogP contribution in [0.15, 0.2) is 54.2 Å². The second-order valence-electron chi connectivity index (χ2n) is 7.36. The number of amides is 2. The fourth-order valence-electron chi connectivity index (χ4n) is 3.21. The van der Waals surface area contributed by atoms with E-state index in [9.17, 15) is 9.59 Å². The fraction of sp³-hybridized carbons (Fsp3) is 0.304. The molecule has 2 aromatic carbocycles. The van der Waals surface area contributed by atoms with Gasteiger partial charge in [0.25, 0.3) is 11.8 Å². The van der Waals surface area contributed by atoms with Gasteiger partial charge in [-0.15, -0.1) is 0 Å². The third-order valence-corrected chi connectivity index (χ3v) is 4.65. The maximum absolute atomic E-state index is 12.9. The maximum Gasteiger partial charge on any atom is 0.278 e. The van der Waals surface area contributed by atoms with Gasteiger partial charge in [0, 0.05) is 32.0 Å². The van der Waals surface area contributed by atoms with Crippen molar-refractivity contribution in [3.63, 3.8) is 0 Å². The summed E-state index contributed by atoms with van der Waals surface area (Å²) >= 11 is 0. The first-order chi connectivity index (χ1) is 13.8. The molecule has 3 rings (SSSR count). The van der Waals surface area contributed by atoms with Crippen LogP contribution in [0.5, 0.6) is 5.75 Å². The molecular weight excluding hydrogens is 366 g/mol. The Morgan fingerprint density at radius 3 is 2.10 bits per heavy atom. The Kier molecular flexibility index (Phi) is 5.92. The number of nitrogens with one attached hydrogen (secondary N) is 1. The third-order valence-electron chi connectivity index (χ3n) is 4.65. The van der Waals surface area contributed by atoms with Crippen molar-refractivity contribution in [3.05, 3.63) is 59.8 Å². The van der Waals surface area contributed by atoms with E-state index in [1.165, 1.54) is 4.90 Å². The number of carbonyl (C=O) groups excluding carboxylic acids is 2. The highest BCUT2D eigenvalue weighted by Gasteiger charge is 2.38. The van der Waals surface area contributed by atoms with E-state index >= 15 is 0 Å². The van der Waals surface area contributed by atoms with Crippen molar-refractivity contribution in [3.8, 4) is 5.75 Å². The smallest absolute Gasteiger partial charge is 0.278 e. The molecule has 29 heavy (non-hydrogen) atoms. The predicted molar refractivity (Wildman–Crippen MR) is 116 cm³/mol. The Balaban J connectivity index is 1.97. The van der Waals surface area contributed by atoms with E-state index < -0.39 is 0 Å². The number of likely N-dealkylation sites (N-methyl/N-ethyl adjacent to an activating group) is 1. The van der Waals surface area contributed by atoms with Crippen LogP contribution in [0, 0.1) is 0 Å². The lowest BCUT2D eigenvalue weighted by molar-refractivity contribution is -0.136. The highest BCUT2D eigenvalue weighted by atomic mass is 16.5. The van der Waals surface area contributed by atoms with Gasteiger partial charge in [0.15, 0.2) is 0 Å². The molecule has 0 unspecified atom stereocenters. The van der Waals surface area contributed by atoms with Crippen LogP contribution in [0.3, 0.4) is 0 Å². The predicted octanol–water partition coefficient (Wildman–Crippen LogP) is 3.75. The summed E-state index contributed by atoms with van der Waals surface area (Å²) in [6.07, 6.45) is 0.0627. The summed E-state index contributed by atoms with van der Waals surface area (Å²) in [7, 11) is 3.93. The number of imide groups is 1. The van der Waals surface area contributed by atoms with Crippen molar-refractivity contribution in [1.29, 1.82) is 0 Å². The van der Waals surface area contributed by atoms with E-state index in [-0.39, 0.29) is 17.9 Å². The van der Waals surface area contributed by atoms with Crippen molar-refractivity contribution >= 4 is 28.8 Å². The number of nitrogens with zero attached hydrogens (tertiary/aromatic N) is 2. The Hall–Kier alpha value is -3.28. The Morgan fingerprint density at radius 1 is 0.966 bits per heavy atom. The van der Waals surface area contributed by atoms with Crippen LogP contribution >= 0.6 is 0 Å². The number of hydrogen-bond acceptors (Lipinski definition) is 5. The Labute approximate surface area is 171 Å². The van der Waals surface area contributed by atoms with Crippen molar-refractivity contribution < 1.29 is 14.3 Å². The Bertz CT molecular complexity index is 929. The largest absolute Gasteiger partial charge is 0.491 e. The van der Waals surface area contributed by atoms with Crippen LogP contribution in [0.1, 0.15) is 26.3 Å². The second kappa shape index (κ2) is 8.39. The molecule has 0 saturated carbocycles. The molecule has 0 spiro atoms. The number of anilines is 2. The number of benzene rings is 2. The summed E-state index contributed by atoms with van der Waals surface area (Å²) in [5, 5.41) is 3.16. The van der Waals surface area contributed by atoms with Gasteiger partial charge in [-0.25, -0.2) is 0 Å². The molecular formula is C23H27N3O3. The highest BCUT2D eigenvalue weighted by Crippen LogP contribution is 2.31. The standard InChI is InChI=1S/C23H27N3O3/c1-6-26-22(27)20(16-7-13-19(14-8-16)29-15(2)3)21(23(26)28)24-17-9-11-18(12-10-17)25(4)5/h7-15,24H,6H2,1-5H3. The molecule has 0 radical (unpaired) electrons. The summed E-state index contributed by atoms with van der Waals surface area (Å²) < 4.78 is 5.68. The number of carbonyl (C=O) groups is 2. The molecule has 1 aliphatic heterocycles. The van der Waals surface area contributed by atoms with Gasteiger partial charge < -0.3 is 15.0 Å². The third kappa shape index (κ3) is 4.26. The quantitative estimate of drug-likeness (QED) is 0.726. The topological polar surface area (TPSA) is 61.9 Å². The van der Waals surface area contributed by atoms with Crippen LogP contribution in [0.2, 0.25) is 0 Å². The molecule has 2 amide bonds. The summed E-state index contributed by atoms with van der Waals surface area (Å²) in [6.45, 7) is 6.03. The van der Waals surface area contributed by atoms with E-state index in [2.05, 4.69) is 5.32 Å². The lowest BCUT2D eigenvalue weighted by Crippen LogP contribution is -2.32. The first-order valence-corrected chi connectivity index (χ1v) is 9.73. The van der Waals surface area contributed by atoms with Gasteiger partial charge in [0.1, 0.15) is 11.4 Å². The van der Waals surface area contributed by atoms with E-state index in [4.69, 9.17) is 4.74 Å². The molecule has 0 saturated heterocycles. The lowest BCUT2D eigenvalue weighted by Gasteiger charge is -2.14. The van der Waals surface area contributed by atoms with E-state index in [0.29, 0.717) is 23.4 Å². The molecule has 1 aliphatic rings. The highest BCUT2D eigenvalue weighted by molar-refractivity contribution is 6.36. The van der Waals surface area contributed by atoms with Crippen LogP contribution in [-0.2, 0) is 9.59 Å². The number of ether oxygens (including phenoxy) is 1. The van der Waals surface area contributed by atoms with Crippen LogP contribution < -0.4 is 15.0 Å². The minimum Gasteiger partial charge on any atom is -0.491 e. The Morgan fingerprint density at radius 2 is 1.59 bits per heavy atom. The molecule has 1 heterocycles. The van der Waals surface area contributed by atoms with Crippen molar-refractivity contribution in [2.75, 3.05) is 30.9 Å². The van der Waals surface area contributed by atoms with Crippen LogP contribution in [0.4, 0.5) is 11.4 Å². The number of rotatable bonds is 7. The lowest BCUT2D eigenvalue weighted by atomic mass is 10.0. The first kappa shape index (κ1) is 20.5. The molecule has 0 fully saturated rings. The van der Waals surface area contributed by atoms with Gasteiger partial charge in [0.2, 0.25) is 0 Å². The SMILES string of the molecule is CCN1C(=O)C(Nc2ccc(N(C)C)cc2)=C(c2ccc(OC(C)C)cc2)C1=O. The van der Waals surface area contributed by atoms with Gasteiger partial charge in [-0.1, -0.05) is 12.1 Å². The minimum absolute atomic E-state index is 0.0627. The van der Waals surface area contributed by atoms with E-state index in [1.54, 1.807) is 6.92 Å². The molecule has 2 aromatic rings. The van der Waals surface area contributed by atoms with Crippen molar-refractivity contribution in [2.45, 2.75) is 26.9 Å². The minimum atomic E-state index is -0.313. The summed E-state index contributed by atoms with van der Waals surface area (Å²) in [5.41, 5.74) is 3.16. The zero-order valence-electron chi connectivity index (χ0n) is 17.5. The zero-order valence-corrected chi connectivity index (χ0v) is 17.5. The van der Waals surface area contributed by atoms with Crippen LogP contribution in [0.25, 0.3) is 5.57 Å². The monoisotopic (exact) mass is 393 g/mol. The van der Waals surface area contributed by atoms with Gasteiger partial charge in [-0.2, -0.15) is 0 Å². The van der Waals surface area contributed by atoms with Crippen molar-refractivity contribution in [2.24, 2.45) is 0 Å². The van der Waals surface area contributed by atoms with E-state index in [0.717, 1.165) is 17.1 Å². The molecule has 0 bridgehead atoms. The molecule has 1 N–H and O–H groups in total. The normalized spacial score (nSPS) is 14.1. The zero-order chi connectivity index (χ0) is 21.1. The van der Waals surface area contributed by atoms with Gasteiger partial charge >= 0.3 is 0 Å². The maximum atomic E-state index is 12.9. The first-order valence-electron chi connectivity index (χ1n) is 9.73. The average Bonchev–Trinajstić information content (AvgIpc) is 2.92. The molecule has 152 valence electrons. The van der Waals surface area contributed by atoms with Gasteiger partial charge in [-0.05, 0) is 62.7 Å². The second-order valence-corrected chi connectivity index (χ2v) is 7.36. The molecule has 6 heteroatoms.